The minimum atomic E-state index is -0.530. The van der Waals surface area contributed by atoms with E-state index in [1.807, 2.05) is 19.1 Å². The lowest BCUT2D eigenvalue weighted by Gasteiger charge is -2.29. The summed E-state index contributed by atoms with van der Waals surface area (Å²) in [5.74, 6) is 1.30. The Hall–Kier alpha value is -3.10. The molecule has 1 unspecified atom stereocenters. The van der Waals surface area contributed by atoms with Gasteiger partial charge in [0.2, 0.25) is 5.95 Å². The number of carbonyl (C=O) groups is 1. The molecule has 0 amide bonds. The van der Waals surface area contributed by atoms with Crippen molar-refractivity contribution < 1.29 is 19.0 Å². The van der Waals surface area contributed by atoms with Crippen molar-refractivity contribution >= 4 is 11.9 Å². The lowest BCUT2D eigenvalue weighted by atomic mass is 9.94. The highest BCUT2D eigenvalue weighted by molar-refractivity contribution is 5.92. The molecular weight excluding hydrogens is 374 g/mol. The van der Waals surface area contributed by atoms with Crippen LogP contribution in [0.4, 0.5) is 5.95 Å². The van der Waals surface area contributed by atoms with Crippen LogP contribution in [0.25, 0.3) is 0 Å². The van der Waals surface area contributed by atoms with Crippen molar-refractivity contribution in [3.05, 3.63) is 35.0 Å². The Morgan fingerprint density at radius 1 is 1.14 bits per heavy atom. The van der Waals surface area contributed by atoms with Crippen molar-refractivity contribution in [3.8, 4) is 11.5 Å². The van der Waals surface area contributed by atoms with Crippen LogP contribution >= 0.6 is 0 Å². The van der Waals surface area contributed by atoms with Crippen molar-refractivity contribution in [3.63, 3.8) is 0 Å². The number of esters is 1. The van der Waals surface area contributed by atoms with Crippen LogP contribution in [0.3, 0.4) is 0 Å². The molecule has 1 saturated carbocycles. The Bertz CT molecular complexity index is 933. The van der Waals surface area contributed by atoms with Crippen molar-refractivity contribution in [2.75, 3.05) is 19.5 Å². The topological polar surface area (TPSA) is 100 Å². The van der Waals surface area contributed by atoms with E-state index < -0.39 is 6.04 Å². The summed E-state index contributed by atoms with van der Waals surface area (Å²) in [5.41, 5.74) is 1.96. The van der Waals surface area contributed by atoms with Crippen LogP contribution < -0.4 is 14.8 Å². The maximum atomic E-state index is 13.2. The summed E-state index contributed by atoms with van der Waals surface area (Å²) in [4.78, 5) is 13.2. The van der Waals surface area contributed by atoms with Gasteiger partial charge in [-0.15, -0.1) is 0 Å². The van der Waals surface area contributed by atoms with Crippen molar-refractivity contribution in [1.29, 1.82) is 0 Å². The summed E-state index contributed by atoms with van der Waals surface area (Å²) < 4.78 is 18.2. The van der Waals surface area contributed by atoms with E-state index in [1.54, 1.807) is 25.0 Å². The molecule has 2 heterocycles. The number of tetrazole rings is 1. The molecule has 2 aliphatic rings. The minimum Gasteiger partial charge on any atom is -0.493 e. The Labute approximate surface area is 169 Å². The van der Waals surface area contributed by atoms with Gasteiger partial charge in [-0.1, -0.05) is 17.6 Å². The summed E-state index contributed by atoms with van der Waals surface area (Å²) in [5, 5.41) is 15.0. The van der Waals surface area contributed by atoms with E-state index in [0.29, 0.717) is 28.7 Å². The van der Waals surface area contributed by atoms with E-state index in [4.69, 9.17) is 14.2 Å². The summed E-state index contributed by atoms with van der Waals surface area (Å²) in [6, 6.07) is 4.99. The summed E-state index contributed by atoms with van der Waals surface area (Å²) in [6.45, 7) is 1.84. The second-order valence-electron chi connectivity index (χ2n) is 7.29. The number of anilines is 1. The normalized spacial score (nSPS) is 19.3. The van der Waals surface area contributed by atoms with Crippen LogP contribution in [0.2, 0.25) is 0 Å². The zero-order valence-electron chi connectivity index (χ0n) is 16.8. The number of hydrogen-bond acceptors (Lipinski definition) is 8. The molecule has 0 bridgehead atoms. The Morgan fingerprint density at radius 3 is 2.62 bits per heavy atom. The van der Waals surface area contributed by atoms with Crippen molar-refractivity contribution in [2.24, 2.45) is 0 Å². The van der Waals surface area contributed by atoms with Crippen LogP contribution in [-0.4, -0.2) is 46.5 Å². The molecule has 1 aliphatic heterocycles. The van der Waals surface area contributed by atoms with Gasteiger partial charge in [0.1, 0.15) is 12.1 Å². The number of nitrogens with zero attached hydrogens (tertiary/aromatic N) is 4. The smallest absolute Gasteiger partial charge is 0.338 e. The van der Waals surface area contributed by atoms with E-state index in [0.717, 1.165) is 31.2 Å². The standard InChI is InChI=1S/C20H25N5O4/c1-12-17(19(26)29-14-7-5-4-6-8-14)18(25-20(21-12)22-23-24-25)13-9-10-15(27-2)16(11-13)28-3/h9-11,14,18H,4-8H2,1-3H3,(H,21,22,24). The zero-order chi connectivity index (χ0) is 20.4. The average Bonchev–Trinajstić information content (AvgIpc) is 3.20. The molecule has 1 atom stereocenters. The van der Waals surface area contributed by atoms with Gasteiger partial charge in [-0.3, -0.25) is 0 Å². The van der Waals surface area contributed by atoms with Gasteiger partial charge in [0, 0.05) is 5.70 Å². The number of rotatable bonds is 5. The number of ether oxygens (including phenoxy) is 3. The first kappa shape index (κ1) is 19.2. The highest BCUT2D eigenvalue weighted by Gasteiger charge is 2.36. The molecule has 1 fully saturated rings. The monoisotopic (exact) mass is 399 g/mol. The van der Waals surface area contributed by atoms with E-state index in [2.05, 4.69) is 20.8 Å². The van der Waals surface area contributed by atoms with Gasteiger partial charge in [0.25, 0.3) is 0 Å². The van der Waals surface area contributed by atoms with Crippen LogP contribution in [0, 0.1) is 0 Å². The molecule has 0 radical (unpaired) electrons. The molecule has 1 aromatic heterocycles. The largest absolute Gasteiger partial charge is 0.493 e. The first-order valence-electron chi connectivity index (χ1n) is 9.81. The highest BCUT2D eigenvalue weighted by atomic mass is 16.5. The van der Waals surface area contributed by atoms with E-state index in [9.17, 15) is 4.79 Å². The molecule has 154 valence electrons. The predicted octanol–water partition coefficient (Wildman–Crippen LogP) is 2.86. The van der Waals surface area contributed by atoms with Crippen LogP contribution in [0.5, 0.6) is 11.5 Å². The number of hydrogen-bond donors (Lipinski definition) is 1. The highest BCUT2D eigenvalue weighted by Crippen LogP contribution is 2.39. The lowest BCUT2D eigenvalue weighted by Crippen LogP contribution is -2.32. The number of carbonyl (C=O) groups excluding carboxylic acids is 1. The zero-order valence-corrected chi connectivity index (χ0v) is 16.8. The molecule has 1 N–H and O–H groups in total. The van der Waals surface area contributed by atoms with Crippen LogP contribution in [0.1, 0.15) is 50.6 Å². The van der Waals surface area contributed by atoms with Crippen LogP contribution in [-0.2, 0) is 9.53 Å². The van der Waals surface area contributed by atoms with Crippen LogP contribution in [0.15, 0.2) is 29.5 Å². The molecule has 1 aliphatic carbocycles. The molecule has 2 aromatic rings. The van der Waals surface area contributed by atoms with Crippen molar-refractivity contribution in [1.82, 2.24) is 20.2 Å². The van der Waals surface area contributed by atoms with E-state index >= 15 is 0 Å². The lowest BCUT2D eigenvalue weighted by molar-refractivity contribution is -0.146. The second kappa shape index (κ2) is 8.10. The number of aromatic nitrogens is 4. The van der Waals surface area contributed by atoms with Gasteiger partial charge in [-0.25, -0.2) is 4.79 Å². The molecule has 9 nitrogen and oxygen atoms in total. The van der Waals surface area contributed by atoms with E-state index in [1.165, 1.54) is 6.42 Å². The molecule has 0 saturated heterocycles. The van der Waals surface area contributed by atoms with E-state index in [-0.39, 0.29) is 12.1 Å². The minimum absolute atomic E-state index is 0.0436. The molecular formula is C20H25N5O4. The maximum absolute atomic E-state index is 13.2. The van der Waals surface area contributed by atoms with Gasteiger partial charge in [0.05, 0.1) is 19.8 Å². The first-order chi connectivity index (χ1) is 14.1. The molecule has 0 spiro atoms. The summed E-state index contributed by atoms with van der Waals surface area (Å²) in [7, 11) is 3.16. The molecule has 4 rings (SSSR count). The number of nitrogens with one attached hydrogen (secondary N) is 1. The fourth-order valence-corrected chi connectivity index (χ4v) is 4.01. The fourth-order valence-electron chi connectivity index (χ4n) is 4.01. The SMILES string of the molecule is COc1ccc(C2C(C(=O)OC3CCCCC3)=C(C)Nc3nnnn32)cc1OC. The number of benzene rings is 1. The fraction of sp³-hybridized carbons (Fsp3) is 0.500. The maximum Gasteiger partial charge on any atom is 0.338 e. The quantitative estimate of drug-likeness (QED) is 0.766. The van der Waals surface area contributed by atoms with Gasteiger partial charge in [0.15, 0.2) is 11.5 Å². The first-order valence-corrected chi connectivity index (χ1v) is 9.81. The molecule has 1 aromatic carbocycles. The third-order valence-corrected chi connectivity index (χ3v) is 5.48. The van der Waals surface area contributed by atoms with Gasteiger partial charge < -0.3 is 19.5 Å². The van der Waals surface area contributed by atoms with Crippen molar-refractivity contribution in [2.45, 2.75) is 51.2 Å². The number of fused-ring (bicyclic) bond motifs is 1. The van der Waals surface area contributed by atoms with Gasteiger partial charge in [-0.2, -0.15) is 4.68 Å². The Balaban J connectivity index is 1.73. The average molecular weight is 399 g/mol. The third kappa shape index (κ3) is 3.64. The molecule has 29 heavy (non-hydrogen) atoms. The van der Waals surface area contributed by atoms with Gasteiger partial charge >= 0.3 is 5.97 Å². The Morgan fingerprint density at radius 2 is 1.90 bits per heavy atom. The number of allylic oxidation sites excluding steroid dienone is 1. The predicted molar refractivity (Wildman–Crippen MR) is 105 cm³/mol. The summed E-state index contributed by atoms with van der Waals surface area (Å²) in [6.07, 6.45) is 5.14. The second-order valence-corrected chi connectivity index (χ2v) is 7.29. The van der Waals surface area contributed by atoms with Gasteiger partial charge in [-0.05, 0) is 60.7 Å². The molecule has 9 heteroatoms. The summed E-state index contributed by atoms with van der Waals surface area (Å²) >= 11 is 0. The Kier molecular flexibility index (Phi) is 5.37. The number of methoxy groups -OCH3 is 2. The third-order valence-electron chi connectivity index (χ3n) is 5.48.